The number of aliphatic hydroxyl groups excluding tert-OH is 1. The van der Waals surface area contributed by atoms with Crippen LogP contribution in [0.1, 0.15) is 11.7 Å². The molecule has 6 heteroatoms. The minimum absolute atomic E-state index is 0.257. The fourth-order valence-electron chi connectivity index (χ4n) is 1.13. The third-order valence-electron chi connectivity index (χ3n) is 1.77. The van der Waals surface area contributed by atoms with Crippen LogP contribution < -0.4 is 5.73 Å². The molecule has 0 saturated heterocycles. The minimum atomic E-state index is -0.510. The van der Waals surface area contributed by atoms with Gasteiger partial charge in [0.25, 0.3) is 0 Å². The summed E-state index contributed by atoms with van der Waals surface area (Å²) in [6.45, 7) is 3.05. The molecule has 1 aromatic rings. The van der Waals surface area contributed by atoms with Gasteiger partial charge in [0.05, 0.1) is 12.6 Å². The van der Waals surface area contributed by atoms with Crippen molar-refractivity contribution < 1.29 is 9.63 Å². The van der Waals surface area contributed by atoms with Crippen LogP contribution in [0.25, 0.3) is 0 Å². The van der Waals surface area contributed by atoms with Crippen LogP contribution in [0.3, 0.4) is 0 Å². The minimum Gasteiger partial charge on any atom is -0.390 e. The number of likely N-dealkylation sites (N-methyl/N-ethyl adjacent to an activating group) is 1. The smallest absolute Gasteiger partial charge is 0.240 e. The summed E-state index contributed by atoms with van der Waals surface area (Å²) in [6, 6.07) is 0. The van der Waals surface area contributed by atoms with Crippen molar-refractivity contribution >= 4 is 0 Å². The zero-order valence-electron chi connectivity index (χ0n) is 8.47. The summed E-state index contributed by atoms with van der Waals surface area (Å²) in [4.78, 5) is 5.93. The maximum absolute atomic E-state index is 9.28. The van der Waals surface area contributed by atoms with Crippen LogP contribution in [-0.4, -0.2) is 46.4 Å². The van der Waals surface area contributed by atoms with Crippen LogP contribution in [0.2, 0.25) is 0 Å². The van der Waals surface area contributed by atoms with Crippen molar-refractivity contribution in [2.45, 2.75) is 19.6 Å². The van der Waals surface area contributed by atoms with E-state index in [2.05, 4.69) is 10.1 Å². The first-order valence-corrected chi connectivity index (χ1v) is 4.47. The summed E-state index contributed by atoms with van der Waals surface area (Å²) in [5, 5.41) is 12.9. The van der Waals surface area contributed by atoms with E-state index in [4.69, 9.17) is 10.3 Å². The van der Waals surface area contributed by atoms with Crippen molar-refractivity contribution in [3.8, 4) is 0 Å². The Morgan fingerprint density at radius 1 is 1.64 bits per heavy atom. The summed E-state index contributed by atoms with van der Waals surface area (Å²) in [5.74, 6) is 1.17. The van der Waals surface area contributed by atoms with Gasteiger partial charge in [-0.15, -0.1) is 0 Å². The van der Waals surface area contributed by atoms with E-state index in [9.17, 15) is 5.11 Å². The average Bonchev–Trinajstić information content (AvgIpc) is 2.50. The maximum Gasteiger partial charge on any atom is 0.240 e. The summed E-state index contributed by atoms with van der Waals surface area (Å²) in [7, 11) is 1.86. The number of rotatable bonds is 5. The Morgan fingerprint density at radius 2 is 2.36 bits per heavy atom. The SMILES string of the molecule is Cc1noc(CN(C)CC(O)CN)n1. The second kappa shape index (κ2) is 5.04. The summed E-state index contributed by atoms with van der Waals surface area (Å²) in [5.41, 5.74) is 5.29. The zero-order valence-corrected chi connectivity index (χ0v) is 8.47. The molecular formula is C8H16N4O2. The van der Waals surface area contributed by atoms with Crippen LogP contribution >= 0.6 is 0 Å². The van der Waals surface area contributed by atoms with Gasteiger partial charge in [-0.1, -0.05) is 5.16 Å². The van der Waals surface area contributed by atoms with Crippen molar-refractivity contribution in [2.75, 3.05) is 20.1 Å². The second-order valence-corrected chi connectivity index (χ2v) is 3.32. The van der Waals surface area contributed by atoms with E-state index in [0.29, 0.717) is 24.8 Å². The van der Waals surface area contributed by atoms with Gasteiger partial charge in [0, 0.05) is 13.1 Å². The number of hydrogen-bond acceptors (Lipinski definition) is 6. The van der Waals surface area contributed by atoms with Gasteiger partial charge in [0.1, 0.15) is 0 Å². The Morgan fingerprint density at radius 3 is 2.86 bits per heavy atom. The first-order chi connectivity index (χ1) is 6.61. The highest BCUT2D eigenvalue weighted by atomic mass is 16.5. The number of nitrogens with two attached hydrogens (primary N) is 1. The molecule has 0 aliphatic rings. The molecule has 0 aliphatic heterocycles. The third kappa shape index (κ3) is 3.41. The summed E-state index contributed by atoms with van der Waals surface area (Å²) in [6.07, 6.45) is -0.510. The molecule has 3 N–H and O–H groups in total. The largest absolute Gasteiger partial charge is 0.390 e. The Kier molecular flexibility index (Phi) is 3.99. The third-order valence-corrected chi connectivity index (χ3v) is 1.77. The molecule has 1 unspecified atom stereocenters. The van der Waals surface area contributed by atoms with E-state index in [1.54, 1.807) is 6.92 Å². The predicted molar refractivity (Wildman–Crippen MR) is 50.4 cm³/mol. The number of hydrogen-bond donors (Lipinski definition) is 2. The van der Waals surface area contributed by atoms with Crippen LogP contribution in [-0.2, 0) is 6.54 Å². The van der Waals surface area contributed by atoms with Crippen molar-refractivity contribution in [2.24, 2.45) is 5.73 Å². The molecule has 1 heterocycles. The molecule has 1 rings (SSSR count). The fraction of sp³-hybridized carbons (Fsp3) is 0.750. The van der Waals surface area contributed by atoms with E-state index < -0.39 is 6.10 Å². The molecule has 0 radical (unpaired) electrons. The van der Waals surface area contributed by atoms with E-state index in [1.807, 2.05) is 11.9 Å². The Balaban J connectivity index is 2.37. The molecule has 80 valence electrons. The lowest BCUT2D eigenvalue weighted by Crippen LogP contribution is -2.33. The molecule has 6 nitrogen and oxygen atoms in total. The van der Waals surface area contributed by atoms with Crippen LogP contribution in [0, 0.1) is 6.92 Å². The lowest BCUT2D eigenvalue weighted by molar-refractivity contribution is 0.123. The molecule has 0 saturated carbocycles. The van der Waals surface area contributed by atoms with Crippen molar-refractivity contribution in [3.63, 3.8) is 0 Å². The Hall–Kier alpha value is -0.980. The van der Waals surface area contributed by atoms with Crippen LogP contribution in [0.4, 0.5) is 0 Å². The molecule has 0 bridgehead atoms. The summed E-state index contributed by atoms with van der Waals surface area (Å²) < 4.78 is 4.93. The Bertz CT molecular complexity index is 276. The van der Waals surface area contributed by atoms with E-state index in [-0.39, 0.29) is 6.54 Å². The van der Waals surface area contributed by atoms with Crippen LogP contribution in [0.5, 0.6) is 0 Å². The van der Waals surface area contributed by atoms with Crippen LogP contribution in [0.15, 0.2) is 4.52 Å². The number of nitrogens with zero attached hydrogens (tertiary/aromatic N) is 3. The number of aliphatic hydroxyl groups is 1. The highest BCUT2D eigenvalue weighted by Gasteiger charge is 2.10. The number of aryl methyl sites for hydroxylation is 1. The summed E-state index contributed by atoms with van der Waals surface area (Å²) >= 11 is 0. The first kappa shape index (κ1) is 11.1. The molecule has 0 fully saturated rings. The van der Waals surface area contributed by atoms with E-state index in [1.165, 1.54) is 0 Å². The molecule has 0 aliphatic carbocycles. The molecular weight excluding hydrogens is 184 g/mol. The zero-order chi connectivity index (χ0) is 10.6. The molecule has 0 aromatic carbocycles. The van der Waals surface area contributed by atoms with Gasteiger partial charge in [-0.05, 0) is 14.0 Å². The monoisotopic (exact) mass is 200 g/mol. The van der Waals surface area contributed by atoms with Crippen molar-refractivity contribution in [1.29, 1.82) is 0 Å². The Labute approximate surface area is 82.7 Å². The highest BCUT2D eigenvalue weighted by Crippen LogP contribution is 2.00. The molecule has 1 aromatic heterocycles. The lowest BCUT2D eigenvalue weighted by atomic mass is 10.3. The van der Waals surface area contributed by atoms with Crippen molar-refractivity contribution in [3.05, 3.63) is 11.7 Å². The standard InChI is InChI=1S/C8H16N4O2/c1-6-10-8(14-11-6)5-12(2)4-7(13)3-9/h7,13H,3-5,9H2,1-2H3. The van der Waals surface area contributed by atoms with Gasteiger partial charge in [-0.25, -0.2) is 0 Å². The highest BCUT2D eigenvalue weighted by molar-refractivity contribution is 4.82. The normalized spacial score (nSPS) is 13.5. The number of aromatic nitrogens is 2. The van der Waals surface area contributed by atoms with Gasteiger partial charge in [-0.2, -0.15) is 4.98 Å². The lowest BCUT2D eigenvalue weighted by Gasteiger charge is -2.17. The predicted octanol–water partition coefficient (Wildman–Crippen LogP) is -0.871. The topological polar surface area (TPSA) is 88.4 Å². The quantitative estimate of drug-likeness (QED) is 0.642. The van der Waals surface area contributed by atoms with Gasteiger partial charge in [0.2, 0.25) is 5.89 Å². The van der Waals surface area contributed by atoms with E-state index in [0.717, 1.165) is 0 Å². The molecule has 1 atom stereocenters. The second-order valence-electron chi connectivity index (χ2n) is 3.32. The molecule has 0 spiro atoms. The molecule has 14 heavy (non-hydrogen) atoms. The fourth-order valence-corrected chi connectivity index (χ4v) is 1.13. The van der Waals surface area contributed by atoms with E-state index >= 15 is 0 Å². The van der Waals surface area contributed by atoms with Gasteiger partial charge in [0.15, 0.2) is 5.82 Å². The van der Waals surface area contributed by atoms with Gasteiger partial charge in [-0.3, -0.25) is 4.90 Å². The van der Waals surface area contributed by atoms with Gasteiger partial charge < -0.3 is 15.4 Å². The molecule has 0 amide bonds. The maximum atomic E-state index is 9.28. The first-order valence-electron chi connectivity index (χ1n) is 4.47. The average molecular weight is 200 g/mol. The van der Waals surface area contributed by atoms with Gasteiger partial charge >= 0.3 is 0 Å². The van der Waals surface area contributed by atoms with Crippen molar-refractivity contribution in [1.82, 2.24) is 15.0 Å².